The van der Waals surface area contributed by atoms with Crippen LogP contribution < -0.4 is 28.8 Å². The monoisotopic (exact) mass is 242 g/mol. The molecule has 0 unspecified atom stereocenters. The van der Waals surface area contributed by atoms with Crippen LogP contribution in [0.1, 0.15) is 41.5 Å². The molecule has 17 heavy (non-hydrogen) atoms. The maximum Gasteiger partial charge on any atom is 1.00 e. The Kier molecular flexibility index (Phi) is 5.32. The first-order valence-corrected chi connectivity index (χ1v) is 7.77. The first-order chi connectivity index (χ1) is 7.11. The van der Waals surface area contributed by atoms with Crippen LogP contribution in [0.5, 0.6) is 0 Å². The van der Waals surface area contributed by atoms with E-state index in [4.69, 9.17) is 0 Å². The molecular formula is C14H23LiOSi. The second kappa shape index (κ2) is 5.32. The first kappa shape index (κ1) is 17.0. The zero-order valence-electron chi connectivity index (χ0n) is 12.3. The molecule has 0 bridgehead atoms. The summed E-state index contributed by atoms with van der Waals surface area (Å²) >= 11 is 0. The standard InChI is InChI=1S/C14H23OSi.Li/c1-13(2,3)16(15,14(4,5)6)12-10-8-7-9-11-12;/h7-11H,1-6H3;/q-1;+1. The fraction of sp³-hybridized carbons (Fsp3) is 0.571. The van der Waals surface area contributed by atoms with Crippen LogP contribution in [0, 0.1) is 0 Å². The zero-order chi connectivity index (χ0) is 12.6. The van der Waals surface area contributed by atoms with Crippen LogP contribution in [0.25, 0.3) is 0 Å². The van der Waals surface area contributed by atoms with Crippen molar-refractivity contribution in [1.82, 2.24) is 0 Å². The maximum atomic E-state index is 13.5. The maximum absolute atomic E-state index is 13.5. The Morgan fingerprint density at radius 2 is 1.18 bits per heavy atom. The molecule has 0 saturated carbocycles. The van der Waals surface area contributed by atoms with Crippen LogP contribution in [0.4, 0.5) is 0 Å². The van der Waals surface area contributed by atoms with Crippen molar-refractivity contribution < 1.29 is 23.7 Å². The second-order valence-electron chi connectivity index (χ2n) is 6.55. The van der Waals surface area contributed by atoms with Crippen LogP contribution in [0.3, 0.4) is 0 Å². The molecule has 1 aromatic carbocycles. The van der Waals surface area contributed by atoms with Gasteiger partial charge in [-0.2, -0.15) is 0 Å². The van der Waals surface area contributed by atoms with E-state index >= 15 is 0 Å². The molecular weight excluding hydrogens is 219 g/mol. The van der Waals surface area contributed by atoms with Crippen molar-refractivity contribution in [1.29, 1.82) is 0 Å². The predicted molar refractivity (Wildman–Crippen MR) is 71.3 cm³/mol. The molecule has 0 fully saturated rings. The quantitative estimate of drug-likeness (QED) is 0.626. The third kappa shape index (κ3) is 3.06. The van der Waals surface area contributed by atoms with Gasteiger partial charge in [-0.05, 0) is 0 Å². The van der Waals surface area contributed by atoms with Crippen molar-refractivity contribution in [3.63, 3.8) is 0 Å². The van der Waals surface area contributed by atoms with Crippen molar-refractivity contribution >= 4 is 13.5 Å². The van der Waals surface area contributed by atoms with Crippen LogP contribution in [-0.4, -0.2) is 8.32 Å². The third-order valence-electron chi connectivity index (χ3n) is 3.29. The van der Waals surface area contributed by atoms with Crippen molar-refractivity contribution in [3.05, 3.63) is 30.3 Å². The van der Waals surface area contributed by atoms with Gasteiger partial charge in [-0.15, -0.1) is 0 Å². The molecule has 0 N–H and O–H groups in total. The molecule has 1 nitrogen and oxygen atoms in total. The molecule has 90 valence electrons. The number of hydrogen-bond donors (Lipinski definition) is 0. The summed E-state index contributed by atoms with van der Waals surface area (Å²) in [6.07, 6.45) is 0. The minimum absolute atomic E-state index is 0. The van der Waals surface area contributed by atoms with Crippen molar-refractivity contribution in [2.75, 3.05) is 0 Å². The molecule has 0 radical (unpaired) electrons. The Morgan fingerprint density at radius 3 is 1.47 bits per heavy atom. The van der Waals surface area contributed by atoms with Crippen LogP contribution in [0.15, 0.2) is 30.3 Å². The molecule has 1 rings (SSSR count). The molecule has 0 atom stereocenters. The van der Waals surface area contributed by atoms with Gasteiger partial charge in [0.25, 0.3) is 0 Å². The van der Waals surface area contributed by atoms with Crippen molar-refractivity contribution in [3.8, 4) is 0 Å². The number of hydrogen-bond acceptors (Lipinski definition) is 1. The predicted octanol–water partition coefficient (Wildman–Crippen LogP) is -0.196. The van der Waals surface area contributed by atoms with E-state index in [0.29, 0.717) is 0 Å². The van der Waals surface area contributed by atoms with Gasteiger partial charge in [0.15, 0.2) is 0 Å². The Morgan fingerprint density at radius 1 is 0.824 bits per heavy atom. The molecule has 0 amide bonds. The van der Waals surface area contributed by atoms with Crippen molar-refractivity contribution in [2.45, 2.75) is 51.6 Å². The number of rotatable bonds is 1. The van der Waals surface area contributed by atoms with Crippen molar-refractivity contribution in [2.24, 2.45) is 0 Å². The SMILES string of the molecule is CC(C)(C)[Si]([O-])(c1ccccc1)C(C)(C)C.[Li+]. The molecule has 0 spiro atoms. The Balaban J connectivity index is 0.00000256. The summed E-state index contributed by atoms with van der Waals surface area (Å²) in [5, 5.41) is 0.675. The molecule has 0 aliphatic heterocycles. The van der Waals surface area contributed by atoms with E-state index in [0.717, 1.165) is 5.19 Å². The van der Waals surface area contributed by atoms with E-state index in [9.17, 15) is 4.80 Å². The Bertz CT molecular complexity index is 335. The molecule has 0 aliphatic rings. The van der Waals surface area contributed by atoms with E-state index in [1.807, 2.05) is 30.3 Å². The summed E-state index contributed by atoms with van der Waals surface area (Å²) in [4.78, 5) is 13.5. The smallest absolute Gasteiger partial charge is 0.854 e. The van der Waals surface area contributed by atoms with Gasteiger partial charge in [0.2, 0.25) is 0 Å². The largest absolute Gasteiger partial charge is 1.00 e. The summed E-state index contributed by atoms with van der Waals surface area (Å²) < 4.78 is 0. The minimum atomic E-state index is -2.78. The van der Waals surface area contributed by atoms with Gasteiger partial charge >= 0.3 is 18.9 Å². The zero-order valence-corrected chi connectivity index (χ0v) is 13.3. The van der Waals surface area contributed by atoms with E-state index in [-0.39, 0.29) is 28.9 Å². The summed E-state index contributed by atoms with van der Waals surface area (Å²) in [5.74, 6) is 0. The molecule has 0 aromatic heterocycles. The third-order valence-corrected chi connectivity index (χ3v) is 8.66. The summed E-state index contributed by atoms with van der Waals surface area (Å²) in [6, 6.07) is 9.95. The molecule has 1 aromatic rings. The van der Waals surface area contributed by atoms with E-state index in [1.165, 1.54) is 0 Å². The van der Waals surface area contributed by atoms with E-state index in [2.05, 4.69) is 41.5 Å². The molecule has 3 heteroatoms. The molecule has 0 heterocycles. The van der Waals surface area contributed by atoms with Gasteiger partial charge in [-0.25, -0.2) is 0 Å². The van der Waals surface area contributed by atoms with Crippen LogP contribution in [-0.2, 0) is 0 Å². The Hall–Kier alpha value is -0.00571. The topological polar surface area (TPSA) is 23.1 Å². The summed E-state index contributed by atoms with van der Waals surface area (Å²) in [5.41, 5.74) is 0. The van der Waals surface area contributed by atoms with Crippen LogP contribution >= 0.6 is 0 Å². The first-order valence-electron chi connectivity index (χ1n) is 5.86. The van der Waals surface area contributed by atoms with Gasteiger partial charge in [0, 0.05) is 8.32 Å². The van der Waals surface area contributed by atoms with Gasteiger partial charge in [-0.1, -0.05) is 87.1 Å². The molecule has 0 saturated heterocycles. The van der Waals surface area contributed by atoms with Gasteiger partial charge < -0.3 is 4.80 Å². The minimum Gasteiger partial charge on any atom is -0.854 e. The molecule has 0 aliphatic carbocycles. The van der Waals surface area contributed by atoms with Gasteiger partial charge in [0.1, 0.15) is 0 Å². The second-order valence-corrected chi connectivity index (χ2v) is 11.5. The summed E-state index contributed by atoms with van der Waals surface area (Å²) in [7, 11) is -2.78. The Labute approximate surface area is 119 Å². The van der Waals surface area contributed by atoms with Gasteiger partial charge in [-0.3, -0.25) is 0 Å². The van der Waals surface area contributed by atoms with E-state index in [1.54, 1.807) is 0 Å². The van der Waals surface area contributed by atoms with Gasteiger partial charge in [0.05, 0.1) is 0 Å². The average molecular weight is 242 g/mol. The van der Waals surface area contributed by atoms with E-state index < -0.39 is 8.32 Å². The number of benzene rings is 1. The summed E-state index contributed by atoms with van der Waals surface area (Å²) in [6.45, 7) is 12.5. The fourth-order valence-corrected chi connectivity index (χ4v) is 7.31. The fourth-order valence-electron chi connectivity index (χ4n) is 2.66. The van der Waals surface area contributed by atoms with Crippen LogP contribution in [0.2, 0.25) is 10.1 Å². The normalized spacial score (nSPS) is 13.1. The average Bonchev–Trinajstić information content (AvgIpc) is 2.14.